The Morgan fingerprint density at radius 3 is 2.33 bits per heavy atom. The van der Waals surface area contributed by atoms with Gasteiger partial charge in [-0.2, -0.15) is 9.41 Å². The van der Waals surface area contributed by atoms with Crippen LogP contribution in [0.4, 0.5) is 0 Å². The molecule has 0 radical (unpaired) electrons. The first-order valence-corrected chi connectivity index (χ1v) is 10.9. The first-order chi connectivity index (χ1) is 13.9. The van der Waals surface area contributed by atoms with E-state index in [0.717, 1.165) is 9.87 Å². The molecule has 2 rings (SSSR count). The lowest BCUT2D eigenvalue weighted by Gasteiger charge is -2.18. The fraction of sp³-hybridized carbons (Fsp3) is 0.364. The molecule has 7 nitrogen and oxygen atoms in total. The lowest BCUT2D eigenvalue weighted by molar-refractivity contribution is -0.121. The molecule has 0 atom stereocenters. The van der Waals surface area contributed by atoms with Crippen LogP contribution in [0.1, 0.15) is 37.5 Å². The Morgan fingerprint density at radius 1 is 1.17 bits per heavy atom. The molecule has 0 saturated carbocycles. The summed E-state index contributed by atoms with van der Waals surface area (Å²) in [6, 6.07) is 12.4. The summed E-state index contributed by atoms with van der Waals surface area (Å²) in [6.07, 6.45) is 1.52. The van der Waals surface area contributed by atoms with Gasteiger partial charge >= 0.3 is 0 Å². The average molecular weight is 432 g/mol. The monoisotopic (exact) mass is 431 g/mol. The summed E-state index contributed by atoms with van der Waals surface area (Å²) in [5, 5.41) is 3.92. The summed E-state index contributed by atoms with van der Waals surface area (Å²) in [5.41, 5.74) is 5.15. The van der Waals surface area contributed by atoms with E-state index in [1.54, 1.807) is 13.0 Å². The Kier molecular flexibility index (Phi) is 7.39. The van der Waals surface area contributed by atoms with E-state index in [1.807, 2.05) is 24.3 Å². The summed E-state index contributed by atoms with van der Waals surface area (Å²) in [6.45, 7) is 7.80. The summed E-state index contributed by atoms with van der Waals surface area (Å²) in [4.78, 5) is 12.2. The maximum Gasteiger partial charge on any atom is 0.255 e. The van der Waals surface area contributed by atoms with Crippen LogP contribution in [0.5, 0.6) is 5.75 Å². The zero-order chi connectivity index (χ0) is 22.5. The highest BCUT2D eigenvalue weighted by Gasteiger charge is 2.23. The minimum atomic E-state index is -3.81. The number of hydrazone groups is 1. The molecule has 0 unspecified atom stereocenters. The van der Waals surface area contributed by atoms with Gasteiger partial charge < -0.3 is 4.74 Å². The number of rotatable bonds is 7. The van der Waals surface area contributed by atoms with Crippen molar-refractivity contribution >= 4 is 22.1 Å². The molecule has 0 aliphatic heterocycles. The van der Waals surface area contributed by atoms with Gasteiger partial charge in [-0.05, 0) is 47.2 Å². The molecular weight excluding hydrogens is 402 g/mol. The standard InChI is InChI=1S/C22H29N3O4S/c1-16-13-19(11-12-20(16)29-6)30(27,28)25(5)15-21(26)24-23-14-17-7-9-18(10-8-17)22(2,3)4/h7-14H,15H2,1-6H3,(H,24,26). The number of sulfonamides is 1. The number of aryl methyl sites for hydroxylation is 1. The van der Waals surface area contributed by atoms with Crippen LogP contribution in [-0.4, -0.2) is 45.5 Å². The van der Waals surface area contributed by atoms with E-state index in [4.69, 9.17) is 4.74 Å². The van der Waals surface area contributed by atoms with Gasteiger partial charge in [0.25, 0.3) is 5.91 Å². The number of benzene rings is 2. The SMILES string of the molecule is COc1ccc(S(=O)(=O)N(C)CC(=O)NN=Cc2ccc(C(C)(C)C)cc2)cc1C. The van der Waals surface area contributed by atoms with Crippen LogP contribution in [0.25, 0.3) is 0 Å². The fourth-order valence-corrected chi connectivity index (χ4v) is 3.97. The van der Waals surface area contributed by atoms with Crippen molar-refractivity contribution < 1.29 is 17.9 Å². The van der Waals surface area contributed by atoms with E-state index in [-0.39, 0.29) is 16.9 Å². The first kappa shape index (κ1) is 23.6. The third-order valence-electron chi connectivity index (χ3n) is 4.62. The molecular formula is C22H29N3O4S. The number of amides is 1. The molecule has 0 aliphatic carbocycles. The van der Waals surface area contributed by atoms with E-state index in [0.29, 0.717) is 11.3 Å². The van der Waals surface area contributed by atoms with Crippen molar-refractivity contribution in [2.45, 2.75) is 38.0 Å². The molecule has 1 amide bonds. The van der Waals surface area contributed by atoms with Gasteiger partial charge in [0.15, 0.2) is 0 Å². The van der Waals surface area contributed by atoms with E-state index in [2.05, 4.69) is 31.3 Å². The molecule has 0 saturated heterocycles. The van der Waals surface area contributed by atoms with Gasteiger partial charge in [0.1, 0.15) is 5.75 Å². The summed E-state index contributed by atoms with van der Waals surface area (Å²) in [5.74, 6) is 0.0630. The summed E-state index contributed by atoms with van der Waals surface area (Å²) < 4.78 is 31.5. The molecule has 0 spiro atoms. The van der Waals surface area contributed by atoms with Crippen LogP contribution in [0.15, 0.2) is 52.5 Å². The molecule has 0 bridgehead atoms. The highest BCUT2D eigenvalue weighted by atomic mass is 32.2. The number of nitrogens with zero attached hydrogens (tertiary/aromatic N) is 2. The van der Waals surface area contributed by atoms with Crippen LogP contribution in [0.3, 0.4) is 0 Å². The Labute approximate surface area is 178 Å². The molecule has 0 fully saturated rings. The zero-order valence-electron chi connectivity index (χ0n) is 18.3. The van der Waals surface area contributed by atoms with E-state index < -0.39 is 15.9 Å². The van der Waals surface area contributed by atoms with Crippen molar-refractivity contribution in [1.82, 2.24) is 9.73 Å². The summed E-state index contributed by atoms with van der Waals surface area (Å²) >= 11 is 0. The van der Waals surface area contributed by atoms with Gasteiger partial charge in [0.05, 0.1) is 24.8 Å². The molecule has 30 heavy (non-hydrogen) atoms. The summed E-state index contributed by atoms with van der Waals surface area (Å²) in [7, 11) is -0.942. The van der Waals surface area contributed by atoms with Crippen LogP contribution in [0, 0.1) is 6.92 Å². The van der Waals surface area contributed by atoms with Crippen LogP contribution in [-0.2, 0) is 20.2 Å². The fourth-order valence-electron chi connectivity index (χ4n) is 2.76. The lowest BCUT2D eigenvalue weighted by atomic mass is 9.87. The molecule has 2 aromatic rings. The number of carbonyl (C=O) groups is 1. The predicted octanol–water partition coefficient (Wildman–Crippen LogP) is 3.07. The van der Waals surface area contributed by atoms with E-state index >= 15 is 0 Å². The minimum Gasteiger partial charge on any atom is -0.496 e. The van der Waals surface area contributed by atoms with Gasteiger partial charge in [-0.1, -0.05) is 45.0 Å². The number of ether oxygens (including phenoxy) is 1. The first-order valence-electron chi connectivity index (χ1n) is 9.48. The number of likely N-dealkylation sites (N-methyl/N-ethyl adjacent to an activating group) is 1. The highest BCUT2D eigenvalue weighted by molar-refractivity contribution is 7.89. The van der Waals surface area contributed by atoms with Gasteiger partial charge in [-0.25, -0.2) is 13.8 Å². The van der Waals surface area contributed by atoms with Gasteiger partial charge in [0.2, 0.25) is 10.0 Å². The Balaban J connectivity index is 1.98. The number of hydrogen-bond donors (Lipinski definition) is 1. The lowest BCUT2D eigenvalue weighted by Crippen LogP contribution is -2.36. The maximum atomic E-state index is 12.7. The Hall–Kier alpha value is -2.71. The van der Waals surface area contributed by atoms with Crippen molar-refractivity contribution in [3.8, 4) is 5.75 Å². The van der Waals surface area contributed by atoms with Crippen molar-refractivity contribution in [1.29, 1.82) is 0 Å². The maximum absolute atomic E-state index is 12.7. The predicted molar refractivity (Wildman–Crippen MR) is 118 cm³/mol. The second kappa shape index (κ2) is 9.40. The Bertz CT molecular complexity index is 1020. The van der Waals surface area contributed by atoms with Gasteiger partial charge in [0, 0.05) is 7.05 Å². The molecule has 0 aliphatic rings. The number of nitrogens with one attached hydrogen (secondary N) is 1. The number of methoxy groups -OCH3 is 1. The molecule has 1 N–H and O–H groups in total. The minimum absolute atomic E-state index is 0.0579. The molecule has 2 aromatic carbocycles. The second-order valence-corrected chi connectivity index (χ2v) is 10.1. The molecule has 162 valence electrons. The van der Waals surface area contributed by atoms with Crippen molar-refractivity contribution in [3.05, 3.63) is 59.2 Å². The normalized spacial score (nSPS) is 12.4. The largest absolute Gasteiger partial charge is 0.496 e. The van der Waals surface area contributed by atoms with Crippen LogP contribution < -0.4 is 10.2 Å². The van der Waals surface area contributed by atoms with Crippen molar-refractivity contribution in [2.24, 2.45) is 5.10 Å². The number of hydrogen-bond acceptors (Lipinski definition) is 5. The topological polar surface area (TPSA) is 88.1 Å². The molecule has 8 heteroatoms. The quantitative estimate of drug-likeness (QED) is 0.539. The highest BCUT2D eigenvalue weighted by Crippen LogP contribution is 2.23. The van der Waals surface area contributed by atoms with Crippen LogP contribution >= 0.6 is 0 Å². The van der Waals surface area contributed by atoms with E-state index in [1.165, 1.54) is 38.1 Å². The average Bonchev–Trinajstić information content (AvgIpc) is 2.67. The second-order valence-electron chi connectivity index (χ2n) is 8.06. The molecule has 0 heterocycles. The smallest absolute Gasteiger partial charge is 0.255 e. The number of carbonyl (C=O) groups excluding carboxylic acids is 1. The third kappa shape index (κ3) is 5.90. The van der Waals surface area contributed by atoms with E-state index in [9.17, 15) is 13.2 Å². The van der Waals surface area contributed by atoms with Gasteiger partial charge in [-0.15, -0.1) is 0 Å². The van der Waals surface area contributed by atoms with Gasteiger partial charge in [-0.3, -0.25) is 4.79 Å². The van der Waals surface area contributed by atoms with Crippen LogP contribution in [0.2, 0.25) is 0 Å². The Morgan fingerprint density at radius 2 is 1.80 bits per heavy atom. The van der Waals surface area contributed by atoms with Crippen molar-refractivity contribution in [2.75, 3.05) is 20.7 Å². The zero-order valence-corrected chi connectivity index (χ0v) is 19.1. The third-order valence-corrected chi connectivity index (χ3v) is 6.42. The molecule has 0 aromatic heterocycles. The van der Waals surface area contributed by atoms with Crippen molar-refractivity contribution in [3.63, 3.8) is 0 Å².